The van der Waals surface area contributed by atoms with Gasteiger partial charge in [-0.3, -0.25) is 14.5 Å². The van der Waals surface area contributed by atoms with Gasteiger partial charge in [-0.1, -0.05) is 31.2 Å². The summed E-state index contributed by atoms with van der Waals surface area (Å²) in [6, 6.07) is 14.9. The van der Waals surface area contributed by atoms with Gasteiger partial charge < -0.3 is 14.8 Å². The van der Waals surface area contributed by atoms with E-state index < -0.39 is 0 Å². The van der Waals surface area contributed by atoms with Crippen LogP contribution in [0.2, 0.25) is 0 Å². The monoisotopic (exact) mass is 380 g/mol. The van der Waals surface area contributed by atoms with Crippen LogP contribution in [0.15, 0.2) is 54.2 Å². The summed E-state index contributed by atoms with van der Waals surface area (Å²) in [5.74, 6) is -0.00523. The van der Waals surface area contributed by atoms with E-state index in [1.54, 1.807) is 31.4 Å². The van der Waals surface area contributed by atoms with Crippen molar-refractivity contribution in [3.05, 3.63) is 65.4 Å². The van der Waals surface area contributed by atoms with Gasteiger partial charge in [-0.15, -0.1) is 0 Å². The number of rotatable bonds is 8. The topological polar surface area (TPSA) is 67.9 Å². The van der Waals surface area contributed by atoms with E-state index in [2.05, 4.69) is 12.2 Å². The molecule has 0 fully saturated rings. The zero-order chi connectivity index (χ0) is 20.1. The van der Waals surface area contributed by atoms with Crippen LogP contribution in [0.25, 0.3) is 5.57 Å². The minimum Gasteiger partial charge on any atom is -0.497 e. The number of carbonyl (C=O) groups excluding carboxylic acids is 2. The van der Waals surface area contributed by atoms with Gasteiger partial charge >= 0.3 is 0 Å². The molecule has 2 amide bonds. The molecule has 28 heavy (non-hydrogen) atoms. The number of carbonyl (C=O) groups is 2. The molecule has 6 nitrogen and oxygen atoms in total. The lowest BCUT2D eigenvalue weighted by Crippen LogP contribution is -2.35. The molecular weight excluding hydrogens is 356 g/mol. The second-order valence-corrected chi connectivity index (χ2v) is 6.41. The molecule has 6 heteroatoms. The van der Waals surface area contributed by atoms with Crippen LogP contribution >= 0.6 is 0 Å². The molecule has 0 aromatic heterocycles. The molecule has 0 atom stereocenters. The number of amides is 2. The van der Waals surface area contributed by atoms with E-state index >= 15 is 0 Å². The molecule has 0 saturated carbocycles. The van der Waals surface area contributed by atoms with Crippen LogP contribution in [0.4, 0.5) is 5.69 Å². The predicted octanol–water partition coefficient (Wildman–Crippen LogP) is 3.10. The van der Waals surface area contributed by atoms with Crippen LogP contribution in [0.3, 0.4) is 0 Å². The summed E-state index contributed by atoms with van der Waals surface area (Å²) in [6.45, 7) is 2.57. The van der Waals surface area contributed by atoms with Crippen LogP contribution in [0, 0.1) is 0 Å². The fourth-order valence-corrected chi connectivity index (χ4v) is 3.07. The van der Waals surface area contributed by atoms with E-state index in [1.807, 2.05) is 24.3 Å². The first-order chi connectivity index (χ1) is 13.6. The Bertz CT molecular complexity index is 886. The number of ether oxygens (including phenoxy) is 2. The lowest BCUT2D eigenvalue weighted by atomic mass is 10.0. The standard InChI is InChI=1S/C22H24N2O4/c1-4-15-5-9-17(10-6-15)23-20-19(16-7-11-18(28-3)12-8-16)21(25)24(22(20)26)13-14-27-2/h5-12,23H,4,13-14H2,1-3H3. The number of imide groups is 1. The molecule has 0 unspecified atom stereocenters. The molecule has 2 aromatic rings. The fourth-order valence-electron chi connectivity index (χ4n) is 3.07. The number of anilines is 1. The molecule has 1 aliphatic rings. The number of nitrogens with zero attached hydrogens (tertiary/aromatic N) is 1. The Kier molecular flexibility index (Phi) is 6.11. The summed E-state index contributed by atoms with van der Waals surface area (Å²) in [5.41, 5.74) is 3.24. The molecule has 0 saturated heterocycles. The Balaban J connectivity index is 1.99. The number of methoxy groups -OCH3 is 2. The van der Waals surface area contributed by atoms with Gasteiger partial charge in [-0.2, -0.15) is 0 Å². The van der Waals surface area contributed by atoms with Gasteiger partial charge in [0.05, 0.1) is 25.8 Å². The van der Waals surface area contributed by atoms with Gasteiger partial charge in [0.15, 0.2) is 0 Å². The molecule has 2 aromatic carbocycles. The van der Waals surface area contributed by atoms with Crippen molar-refractivity contribution < 1.29 is 19.1 Å². The highest BCUT2D eigenvalue weighted by Crippen LogP contribution is 2.31. The van der Waals surface area contributed by atoms with Gasteiger partial charge in [0.1, 0.15) is 11.4 Å². The summed E-state index contributed by atoms with van der Waals surface area (Å²) in [5, 5.41) is 3.15. The van der Waals surface area contributed by atoms with Crippen molar-refractivity contribution in [2.24, 2.45) is 0 Å². The van der Waals surface area contributed by atoms with Crippen molar-refractivity contribution in [3.63, 3.8) is 0 Å². The molecule has 3 rings (SSSR count). The fraction of sp³-hybridized carbons (Fsp3) is 0.273. The Hall–Kier alpha value is -3.12. The number of nitrogens with one attached hydrogen (secondary N) is 1. The summed E-state index contributed by atoms with van der Waals surface area (Å²) >= 11 is 0. The van der Waals surface area contributed by atoms with Gasteiger partial charge in [0.25, 0.3) is 11.8 Å². The smallest absolute Gasteiger partial charge is 0.278 e. The Morgan fingerprint density at radius 1 is 0.929 bits per heavy atom. The number of hydrogen-bond donors (Lipinski definition) is 1. The van der Waals surface area contributed by atoms with E-state index in [1.165, 1.54) is 17.6 Å². The number of benzene rings is 2. The van der Waals surface area contributed by atoms with E-state index in [-0.39, 0.29) is 30.7 Å². The van der Waals surface area contributed by atoms with Crippen molar-refractivity contribution >= 4 is 23.1 Å². The summed E-state index contributed by atoms with van der Waals surface area (Å²) < 4.78 is 10.2. The minimum absolute atomic E-state index is 0.202. The molecule has 0 spiro atoms. The van der Waals surface area contributed by atoms with E-state index in [0.29, 0.717) is 16.9 Å². The minimum atomic E-state index is -0.354. The second-order valence-electron chi connectivity index (χ2n) is 6.41. The Morgan fingerprint density at radius 3 is 2.18 bits per heavy atom. The first-order valence-corrected chi connectivity index (χ1v) is 9.18. The van der Waals surface area contributed by atoms with Crippen LogP contribution in [0.5, 0.6) is 5.75 Å². The highest BCUT2D eigenvalue weighted by atomic mass is 16.5. The van der Waals surface area contributed by atoms with Crippen molar-refractivity contribution in [1.29, 1.82) is 0 Å². The van der Waals surface area contributed by atoms with E-state index in [4.69, 9.17) is 9.47 Å². The van der Waals surface area contributed by atoms with Crippen molar-refractivity contribution in [1.82, 2.24) is 4.90 Å². The van der Waals surface area contributed by atoms with Gasteiger partial charge in [0, 0.05) is 12.8 Å². The lowest BCUT2D eigenvalue weighted by molar-refractivity contribution is -0.137. The molecule has 146 valence electrons. The predicted molar refractivity (Wildman–Crippen MR) is 108 cm³/mol. The average Bonchev–Trinajstić information content (AvgIpc) is 2.96. The number of aryl methyl sites for hydroxylation is 1. The highest BCUT2D eigenvalue weighted by Gasteiger charge is 2.38. The van der Waals surface area contributed by atoms with E-state index in [9.17, 15) is 9.59 Å². The first-order valence-electron chi connectivity index (χ1n) is 9.18. The van der Waals surface area contributed by atoms with Crippen LogP contribution in [-0.4, -0.2) is 44.1 Å². The third kappa shape index (κ3) is 3.92. The van der Waals surface area contributed by atoms with E-state index in [0.717, 1.165) is 12.1 Å². The van der Waals surface area contributed by atoms with Crippen LogP contribution in [0.1, 0.15) is 18.1 Å². The SMILES string of the molecule is CCc1ccc(NC2=C(c3ccc(OC)cc3)C(=O)N(CCOC)C2=O)cc1. The third-order valence-electron chi connectivity index (χ3n) is 4.70. The largest absolute Gasteiger partial charge is 0.497 e. The number of hydrogen-bond acceptors (Lipinski definition) is 5. The normalized spacial score (nSPS) is 14.0. The molecular formula is C22H24N2O4. The van der Waals surface area contributed by atoms with Crippen LogP contribution < -0.4 is 10.1 Å². The maximum atomic E-state index is 13.0. The summed E-state index contributed by atoms with van der Waals surface area (Å²) in [6.07, 6.45) is 0.933. The molecule has 1 N–H and O–H groups in total. The zero-order valence-corrected chi connectivity index (χ0v) is 16.3. The molecule has 0 aliphatic carbocycles. The maximum absolute atomic E-state index is 13.0. The van der Waals surface area contributed by atoms with Gasteiger partial charge in [-0.25, -0.2) is 0 Å². The van der Waals surface area contributed by atoms with Gasteiger partial charge in [-0.05, 0) is 41.8 Å². The Labute approximate surface area is 164 Å². The molecule has 1 aliphatic heterocycles. The average molecular weight is 380 g/mol. The zero-order valence-electron chi connectivity index (χ0n) is 16.3. The molecule has 0 radical (unpaired) electrons. The molecule has 1 heterocycles. The summed E-state index contributed by atoms with van der Waals surface area (Å²) in [7, 11) is 3.12. The van der Waals surface area contributed by atoms with Crippen molar-refractivity contribution in [2.75, 3.05) is 32.7 Å². The lowest BCUT2D eigenvalue weighted by Gasteiger charge is -2.14. The second kappa shape index (κ2) is 8.71. The van der Waals surface area contributed by atoms with Gasteiger partial charge in [0.2, 0.25) is 0 Å². The molecule has 0 bridgehead atoms. The first kappa shape index (κ1) is 19.6. The third-order valence-corrected chi connectivity index (χ3v) is 4.70. The van der Waals surface area contributed by atoms with Crippen molar-refractivity contribution in [3.8, 4) is 5.75 Å². The quantitative estimate of drug-likeness (QED) is 0.713. The van der Waals surface area contributed by atoms with Crippen molar-refractivity contribution in [2.45, 2.75) is 13.3 Å². The summed E-state index contributed by atoms with van der Waals surface area (Å²) in [4.78, 5) is 27.2. The maximum Gasteiger partial charge on any atom is 0.278 e. The van der Waals surface area contributed by atoms with Crippen LogP contribution in [-0.2, 0) is 20.7 Å². The Morgan fingerprint density at radius 2 is 1.61 bits per heavy atom. The highest BCUT2D eigenvalue weighted by molar-refractivity contribution is 6.36.